The molecule has 0 unspecified atom stereocenters. The van der Waals surface area contributed by atoms with Gasteiger partial charge in [0.15, 0.2) is 6.29 Å². The van der Waals surface area contributed by atoms with Crippen molar-refractivity contribution in [3.8, 4) is 17.5 Å². The lowest BCUT2D eigenvalue weighted by Crippen LogP contribution is -2.00. The second-order valence-electron chi connectivity index (χ2n) is 4.62. The summed E-state index contributed by atoms with van der Waals surface area (Å²) in [6.45, 7) is 3.97. The first kappa shape index (κ1) is 14.1. The van der Waals surface area contributed by atoms with E-state index in [1.807, 2.05) is 37.3 Å². The highest BCUT2D eigenvalue weighted by Gasteiger charge is 2.13. The van der Waals surface area contributed by atoms with E-state index in [0.29, 0.717) is 17.0 Å². The van der Waals surface area contributed by atoms with Gasteiger partial charge in [-0.2, -0.15) is 5.10 Å². The number of aromatic nitrogens is 2. The van der Waals surface area contributed by atoms with Crippen LogP contribution < -0.4 is 0 Å². The van der Waals surface area contributed by atoms with Gasteiger partial charge in [-0.3, -0.25) is 4.79 Å². The van der Waals surface area contributed by atoms with Gasteiger partial charge in [-0.1, -0.05) is 37.5 Å². The largest absolute Gasteiger partial charge is 0.298 e. The Hall–Kier alpha value is -2.34. The van der Waals surface area contributed by atoms with E-state index >= 15 is 0 Å². The molecule has 0 atom stereocenters. The second-order valence-corrected chi connectivity index (χ2v) is 4.62. The van der Waals surface area contributed by atoms with Crippen LogP contribution in [0.4, 0.5) is 0 Å². The Morgan fingerprint density at radius 2 is 2.05 bits per heavy atom. The van der Waals surface area contributed by atoms with E-state index in [1.165, 1.54) is 0 Å². The standard InChI is InChI=1S/C17H18N2O/c1-3-4-5-9-12-17-16(13-20)14(2)18-19(17)15-10-7-6-8-11-15/h6-8,10-11,13H,3-5H2,1-2H3. The Labute approximate surface area is 119 Å². The fourth-order valence-electron chi connectivity index (χ4n) is 1.97. The zero-order valence-corrected chi connectivity index (χ0v) is 11.9. The summed E-state index contributed by atoms with van der Waals surface area (Å²) in [5.74, 6) is 6.24. The van der Waals surface area contributed by atoms with Crippen molar-refractivity contribution in [3.05, 3.63) is 47.3 Å². The summed E-state index contributed by atoms with van der Waals surface area (Å²) in [5.41, 5.74) is 2.89. The monoisotopic (exact) mass is 266 g/mol. The summed E-state index contributed by atoms with van der Waals surface area (Å²) >= 11 is 0. The van der Waals surface area contributed by atoms with Crippen molar-refractivity contribution in [2.45, 2.75) is 33.1 Å². The number of hydrogen-bond donors (Lipinski definition) is 0. The first-order valence-electron chi connectivity index (χ1n) is 6.87. The van der Waals surface area contributed by atoms with E-state index in [4.69, 9.17) is 0 Å². The highest BCUT2D eigenvalue weighted by Crippen LogP contribution is 2.16. The van der Waals surface area contributed by atoms with Crippen molar-refractivity contribution in [3.63, 3.8) is 0 Å². The van der Waals surface area contributed by atoms with Crippen LogP contribution in [-0.2, 0) is 0 Å². The van der Waals surface area contributed by atoms with Gasteiger partial charge in [-0.15, -0.1) is 0 Å². The minimum absolute atomic E-state index is 0.581. The molecule has 3 heteroatoms. The zero-order chi connectivity index (χ0) is 14.4. The van der Waals surface area contributed by atoms with Gasteiger partial charge in [-0.25, -0.2) is 4.68 Å². The molecule has 2 rings (SSSR count). The predicted molar refractivity (Wildman–Crippen MR) is 80.1 cm³/mol. The molecule has 0 spiro atoms. The van der Waals surface area contributed by atoms with Gasteiger partial charge in [0.25, 0.3) is 0 Å². The molecular weight excluding hydrogens is 248 g/mol. The van der Waals surface area contributed by atoms with Crippen molar-refractivity contribution >= 4 is 6.29 Å². The third-order valence-corrected chi connectivity index (χ3v) is 3.09. The third-order valence-electron chi connectivity index (χ3n) is 3.09. The smallest absolute Gasteiger partial charge is 0.154 e. The molecule has 2 aromatic rings. The van der Waals surface area contributed by atoms with E-state index < -0.39 is 0 Å². The molecule has 20 heavy (non-hydrogen) atoms. The topological polar surface area (TPSA) is 34.9 Å². The summed E-state index contributed by atoms with van der Waals surface area (Å²) in [5, 5.41) is 4.43. The lowest BCUT2D eigenvalue weighted by molar-refractivity contribution is 0.112. The maximum absolute atomic E-state index is 11.3. The number of aryl methyl sites for hydroxylation is 1. The number of rotatable bonds is 4. The Bertz CT molecular complexity index is 645. The van der Waals surface area contributed by atoms with Crippen molar-refractivity contribution < 1.29 is 4.79 Å². The molecule has 1 aromatic carbocycles. The molecule has 1 heterocycles. The number of unbranched alkanes of at least 4 members (excludes halogenated alkanes) is 2. The third kappa shape index (κ3) is 2.97. The van der Waals surface area contributed by atoms with E-state index in [0.717, 1.165) is 31.2 Å². The fourth-order valence-corrected chi connectivity index (χ4v) is 1.97. The quantitative estimate of drug-likeness (QED) is 0.482. The van der Waals surface area contributed by atoms with Gasteiger partial charge in [0, 0.05) is 6.42 Å². The van der Waals surface area contributed by atoms with Crippen molar-refractivity contribution in [2.75, 3.05) is 0 Å². The second kappa shape index (κ2) is 6.72. The van der Waals surface area contributed by atoms with Gasteiger partial charge in [-0.05, 0) is 31.4 Å². The van der Waals surface area contributed by atoms with Gasteiger partial charge < -0.3 is 0 Å². The number of hydrogen-bond acceptors (Lipinski definition) is 2. The molecule has 0 fully saturated rings. The van der Waals surface area contributed by atoms with Gasteiger partial charge in [0.05, 0.1) is 16.9 Å². The Kier molecular flexibility index (Phi) is 4.73. The molecule has 0 radical (unpaired) electrons. The lowest BCUT2D eigenvalue weighted by atomic mass is 10.2. The number of nitrogens with zero attached hydrogens (tertiary/aromatic N) is 2. The van der Waals surface area contributed by atoms with Crippen molar-refractivity contribution in [1.29, 1.82) is 0 Å². The first-order valence-corrected chi connectivity index (χ1v) is 6.87. The first-order chi connectivity index (χ1) is 9.77. The lowest BCUT2D eigenvalue weighted by Gasteiger charge is -2.02. The molecule has 0 bridgehead atoms. The maximum Gasteiger partial charge on any atom is 0.154 e. The molecule has 0 amide bonds. The fraction of sp³-hybridized carbons (Fsp3) is 0.294. The summed E-state index contributed by atoms with van der Waals surface area (Å²) in [6, 6.07) is 9.76. The van der Waals surface area contributed by atoms with Gasteiger partial charge in [0.2, 0.25) is 0 Å². The minimum Gasteiger partial charge on any atom is -0.298 e. The average Bonchev–Trinajstić information content (AvgIpc) is 2.80. The molecule has 0 N–H and O–H groups in total. The SMILES string of the molecule is CCCCC#Cc1c(C=O)c(C)nn1-c1ccccc1. The molecule has 102 valence electrons. The summed E-state index contributed by atoms with van der Waals surface area (Å²) < 4.78 is 1.75. The number of benzene rings is 1. The van der Waals surface area contributed by atoms with E-state index in [-0.39, 0.29) is 0 Å². The summed E-state index contributed by atoms with van der Waals surface area (Å²) in [6.07, 6.45) is 3.87. The number of carbonyl (C=O) groups is 1. The van der Waals surface area contributed by atoms with Crippen LogP contribution in [0.25, 0.3) is 5.69 Å². The van der Waals surface area contributed by atoms with Crippen molar-refractivity contribution in [2.24, 2.45) is 0 Å². The highest BCUT2D eigenvalue weighted by atomic mass is 16.1. The minimum atomic E-state index is 0.581. The van der Waals surface area contributed by atoms with Crippen LogP contribution in [0.3, 0.4) is 0 Å². The Morgan fingerprint density at radius 3 is 2.70 bits per heavy atom. The van der Waals surface area contributed by atoms with Crippen LogP contribution in [0.1, 0.15) is 47.9 Å². The highest BCUT2D eigenvalue weighted by molar-refractivity contribution is 5.80. The molecule has 0 aliphatic rings. The van der Waals surface area contributed by atoms with Gasteiger partial charge in [0.1, 0.15) is 5.69 Å². The molecule has 0 aliphatic heterocycles. The average molecular weight is 266 g/mol. The molecule has 1 aromatic heterocycles. The van der Waals surface area contributed by atoms with Crippen molar-refractivity contribution in [1.82, 2.24) is 9.78 Å². The van der Waals surface area contributed by atoms with Gasteiger partial charge >= 0.3 is 0 Å². The van der Waals surface area contributed by atoms with Crippen LogP contribution in [0.2, 0.25) is 0 Å². The van der Waals surface area contributed by atoms with E-state index in [2.05, 4.69) is 23.9 Å². The number of para-hydroxylation sites is 1. The van der Waals surface area contributed by atoms with Crippen LogP contribution >= 0.6 is 0 Å². The molecular formula is C17H18N2O. The number of aldehydes is 1. The number of carbonyl (C=O) groups excluding carboxylic acids is 1. The molecule has 0 aliphatic carbocycles. The predicted octanol–water partition coefficient (Wildman–Crippen LogP) is 3.53. The van der Waals surface area contributed by atoms with Crippen LogP contribution in [0.15, 0.2) is 30.3 Å². The normalized spacial score (nSPS) is 9.90. The Morgan fingerprint density at radius 1 is 1.30 bits per heavy atom. The van der Waals surface area contributed by atoms with Crippen LogP contribution in [0.5, 0.6) is 0 Å². The van der Waals surface area contributed by atoms with E-state index in [1.54, 1.807) is 4.68 Å². The Balaban J connectivity index is 2.46. The molecule has 0 saturated carbocycles. The molecule has 0 saturated heterocycles. The van der Waals surface area contributed by atoms with Crippen LogP contribution in [0, 0.1) is 18.8 Å². The summed E-state index contributed by atoms with van der Waals surface area (Å²) in [4.78, 5) is 11.3. The van der Waals surface area contributed by atoms with E-state index in [9.17, 15) is 4.79 Å². The summed E-state index contributed by atoms with van der Waals surface area (Å²) in [7, 11) is 0. The molecule has 3 nitrogen and oxygen atoms in total. The van der Waals surface area contributed by atoms with Crippen LogP contribution in [-0.4, -0.2) is 16.1 Å². The maximum atomic E-state index is 11.3. The zero-order valence-electron chi connectivity index (χ0n) is 11.9.